The van der Waals surface area contributed by atoms with E-state index in [1.807, 2.05) is 12.3 Å². The number of fused-ring (bicyclic) bond motifs is 1. The zero-order valence-corrected chi connectivity index (χ0v) is 20.4. The van der Waals surface area contributed by atoms with E-state index in [2.05, 4.69) is 52.2 Å². The van der Waals surface area contributed by atoms with Gasteiger partial charge in [-0.3, -0.25) is 9.59 Å². The highest BCUT2D eigenvalue weighted by Gasteiger charge is 2.40. The lowest BCUT2D eigenvalue weighted by atomic mass is 9.80. The highest BCUT2D eigenvalue weighted by molar-refractivity contribution is 5.85. The Hall–Kier alpha value is -2.86. The Morgan fingerprint density at radius 1 is 1.18 bits per heavy atom. The van der Waals surface area contributed by atoms with Crippen LogP contribution in [0.4, 0.5) is 0 Å². The molecule has 1 aliphatic heterocycles. The van der Waals surface area contributed by atoms with Crippen molar-refractivity contribution in [1.82, 2.24) is 19.4 Å². The Labute approximate surface area is 201 Å². The number of aromatic nitrogens is 2. The topological polar surface area (TPSA) is 59.3 Å². The van der Waals surface area contributed by atoms with Gasteiger partial charge in [-0.15, -0.1) is 0 Å². The average Bonchev–Trinajstić information content (AvgIpc) is 3.65. The van der Waals surface area contributed by atoms with E-state index in [0.29, 0.717) is 19.1 Å². The minimum absolute atomic E-state index is 0.0128. The van der Waals surface area contributed by atoms with Crippen LogP contribution < -0.4 is 10.9 Å². The van der Waals surface area contributed by atoms with Gasteiger partial charge >= 0.3 is 0 Å². The van der Waals surface area contributed by atoms with Gasteiger partial charge in [0.25, 0.3) is 5.56 Å². The quantitative estimate of drug-likeness (QED) is 0.552. The molecule has 180 valence electrons. The Kier molecular flexibility index (Phi) is 6.59. The number of unbranched alkanes of at least 4 members (excludes halogenated alkanes) is 1. The van der Waals surface area contributed by atoms with E-state index in [-0.39, 0.29) is 23.3 Å². The van der Waals surface area contributed by atoms with Crippen LogP contribution in [0.25, 0.3) is 10.9 Å². The molecule has 1 N–H and O–H groups in total. The molecule has 2 aliphatic rings. The van der Waals surface area contributed by atoms with Crippen molar-refractivity contribution >= 4 is 16.8 Å². The van der Waals surface area contributed by atoms with Gasteiger partial charge in [-0.25, -0.2) is 0 Å². The van der Waals surface area contributed by atoms with Crippen LogP contribution in [0.15, 0.2) is 53.6 Å². The molecule has 1 saturated carbocycles. The molecule has 0 bridgehead atoms. The molecule has 2 fully saturated rings. The SMILES string of the molecule is CCCCn1cc(CN(C(=O)[C@@H]2CNCC[C@H]2c2ccn(C)c(=O)c2)C2CC2)c2ccccc21. The Bertz CT molecular complexity index is 1220. The maximum atomic E-state index is 14.0. The molecule has 0 radical (unpaired) electrons. The molecule has 1 saturated heterocycles. The number of carbonyl (C=O) groups excluding carboxylic acids is 1. The number of nitrogens with zero attached hydrogens (tertiary/aromatic N) is 3. The fraction of sp³-hybridized carbons (Fsp3) is 0.500. The van der Waals surface area contributed by atoms with Crippen molar-refractivity contribution in [3.8, 4) is 0 Å². The third kappa shape index (κ3) is 4.56. The summed E-state index contributed by atoms with van der Waals surface area (Å²) in [6.07, 6.45) is 9.43. The Morgan fingerprint density at radius 3 is 2.76 bits per heavy atom. The summed E-state index contributed by atoms with van der Waals surface area (Å²) in [6, 6.07) is 12.6. The third-order valence-electron chi connectivity index (χ3n) is 7.59. The molecule has 1 amide bonds. The van der Waals surface area contributed by atoms with E-state index >= 15 is 0 Å². The summed E-state index contributed by atoms with van der Waals surface area (Å²) in [7, 11) is 1.77. The summed E-state index contributed by atoms with van der Waals surface area (Å²) < 4.78 is 3.95. The lowest BCUT2D eigenvalue weighted by Crippen LogP contribution is -2.47. The molecule has 0 spiro atoms. The standard InChI is InChI=1S/C28H36N4O2/c1-3-4-14-31-18-21(24-7-5-6-8-26(24)31)19-32(22-9-10-22)28(34)25-17-29-13-11-23(25)20-12-15-30(2)27(33)16-20/h5-8,12,15-16,18,22-23,25,29H,3-4,9-11,13-14,17,19H2,1-2H3/t23-,25+/m0/s1. The maximum absolute atomic E-state index is 14.0. The van der Waals surface area contributed by atoms with Gasteiger partial charge in [0, 0.05) is 62.1 Å². The van der Waals surface area contributed by atoms with E-state index in [1.165, 1.54) is 16.5 Å². The summed E-state index contributed by atoms with van der Waals surface area (Å²) in [5.74, 6) is 0.162. The van der Waals surface area contributed by atoms with Gasteiger partial charge in [0.15, 0.2) is 0 Å². The Balaban J connectivity index is 1.43. The largest absolute Gasteiger partial charge is 0.347 e. The van der Waals surface area contributed by atoms with E-state index in [0.717, 1.165) is 50.8 Å². The van der Waals surface area contributed by atoms with Crippen LogP contribution >= 0.6 is 0 Å². The summed E-state index contributed by atoms with van der Waals surface area (Å²) in [5.41, 5.74) is 3.48. The first-order chi connectivity index (χ1) is 16.6. The molecule has 3 heterocycles. The number of benzene rings is 1. The second kappa shape index (κ2) is 9.79. The van der Waals surface area contributed by atoms with E-state index < -0.39 is 0 Å². The molecule has 6 nitrogen and oxygen atoms in total. The second-order valence-electron chi connectivity index (χ2n) is 10.0. The number of aryl methyl sites for hydroxylation is 2. The first kappa shape index (κ1) is 22.9. The van der Waals surface area contributed by atoms with Crippen molar-refractivity contribution in [3.05, 3.63) is 70.3 Å². The molecule has 34 heavy (non-hydrogen) atoms. The first-order valence-electron chi connectivity index (χ1n) is 12.8. The van der Waals surface area contributed by atoms with Gasteiger partial charge in [-0.05, 0) is 61.4 Å². The predicted molar refractivity (Wildman–Crippen MR) is 136 cm³/mol. The van der Waals surface area contributed by atoms with Gasteiger partial charge in [0.1, 0.15) is 0 Å². The normalized spacial score (nSPS) is 20.5. The number of amides is 1. The number of carbonyl (C=O) groups is 1. The van der Waals surface area contributed by atoms with Crippen molar-refractivity contribution in [2.24, 2.45) is 13.0 Å². The van der Waals surface area contributed by atoms with Crippen molar-refractivity contribution in [2.45, 2.75) is 64.1 Å². The van der Waals surface area contributed by atoms with Gasteiger partial charge in [-0.2, -0.15) is 0 Å². The van der Waals surface area contributed by atoms with Crippen molar-refractivity contribution < 1.29 is 4.79 Å². The molecule has 1 aromatic carbocycles. The van der Waals surface area contributed by atoms with Gasteiger partial charge in [0.05, 0.1) is 5.92 Å². The smallest absolute Gasteiger partial charge is 0.250 e. The van der Waals surface area contributed by atoms with Crippen molar-refractivity contribution in [1.29, 1.82) is 0 Å². The highest BCUT2D eigenvalue weighted by Crippen LogP contribution is 2.36. The third-order valence-corrected chi connectivity index (χ3v) is 7.59. The molecular weight excluding hydrogens is 424 g/mol. The van der Waals surface area contributed by atoms with E-state index in [1.54, 1.807) is 17.7 Å². The molecular formula is C28H36N4O2. The molecule has 5 rings (SSSR count). The number of para-hydroxylation sites is 1. The predicted octanol–water partition coefficient (Wildman–Crippen LogP) is 4.02. The highest BCUT2D eigenvalue weighted by atomic mass is 16.2. The minimum atomic E-state index is -0.144. The fourth-order valence-corrected chi connectivity index (χ4v) is 5.44. The number of hydrogen-bond acceptors (Lipinski definition) is 3. The number of piperidine rings is 1. The molecule has 1 aliphatic carbocycles. The average molecular weight is 461 g/mol. The van der Waals surface area contributed by atoms with Crippen molar-refractivity contribution in [3.63, 3.8) is 0 Å². The molecule has 6 heteroatoms. The van der Waals surface area contributed by atoms with Gasteiger partial charge in [0.2, 0.25) is 5.91 Å². The summed E-state index contributed by atoms with van der Waals surface area (Å²) in [4.78, 5) is 28.5. The monoisotopic (exact) mass is 460 g/mol. The summed E-state index contributed by atoms with van der Waals surface area (Å²) in [5, 5.41) is 4.69. The number of pyridine rings is 1. The summed E-state index contributed by atoms with van der Waals surface area (Å²) in [6.45, 7) is 5.42. The zero-order valence-electron chi connectivity index (χ0n) is 20.4. The number of hydrogen-bond donors (Lipinski definition) is 1. The van der Waals surface area contributed by atoms with Crippen LogP contribution in [0.3, 0.4) is 0 Å². The lowest BCUT2D eigenvalue weighted by Gasteiger charge is -2.35. The minimum Gasteiger partial charge on any atom is -0.347 e. The Morgan fingerprint density at radius 2 is 2.00 bits per heavy atom. The molecule has 2 aromatic heterocycles. The number of nitrogens with one attached hydrogen (secondary N) is 1. The second-order valence-corrected chi connectivity index (χ2v) is 10.0. The van der Waals surface area contributed by atoms with Crippen LogP contribution in [0.1, 0.15) is 56.1 Å². The summed E-state index contributed by atoms with van der Waals surface area (Å²) >= 11 is 0. The van der Waals surface area contributed by atoms with E-state index in [4.69, 9.17) is 0 Å². The van der Waals surface area contributed by atoms with Crippen LogP contribution in [-0.4, -0.2) is 39.1 Å². The van der Waals surface area contributed by atoms with Crippen LogP contribution in [-0.2, 0) is 24.9 Å². The fourth-order valence-electron chi connectivity index (χ4n) is 5.44. The first-order valence-corrected chi connectivity index (χ1v) is 12.8. The van der Waals surface area contributed by atoms with Gasteiger partial charge in [-0.1, -0.05) is 31.5 Å². The number of rotatable bonds is 8. The molecule has 0 unspecified atom stereocenters. The van der Waals surface area contributed by atoms with Crippen LogP contribution in [0.2, 0.25) is 0 Å². The zero-order chi connectivity index (χ0) is 23.7. The van der Waals surface area contributed by atoms with Crippen molar-refractivity contribution in [2.75, 3.05) is 13.1 Å². The molecule has 3 aromatic rings. The molecule has 2 atom stereocenters. The van der Waals surface area contributed by atoms with Crippen LogP contribution in [0, 0.1) is 5.92 Å². The maximum Gasteiger partial charge on any atom is 0.250 e. The lowest BCUT2D eigenvalue weighted by molar-refractivity contribution is -0.138. The van der Waals surface area contributed by atoms with E-state index in [9.17, 15) is 9.59 Å². The van der Waals surface area contributed by atoms with Crippen LogP contribution in [0.5, 0.6) is 0 Å². The van der Waals surface area contributed by atoms with Gasteiger partial charge < -0.3 is 19.4 Å².